The van der Waals surface area contributed by atoms with Gasteiger partial charge < -0.3 is 30.6 Å². The van der Waals surface area contributed by atoms with Gasteiger partial charge in [-0.15, -0.1) is 0 Å². The molecule has 1 aromatic rings. The topological polar surface area (TPSA) is 216 Å². The number of hydrogen-bond donors (Lipinski definition) is 6. The molecular weight excluding hydrogens is 724 g/mol. The van der Waals surface area contributed by atoms with Gasteiger partial charge in [-0.3, -0.25) is 38.7 Å². The summed E-state index contributed by atoms with van der Waals surface area (Å²) in [5.74, 6) is -6.30. The van der Waals surface area contributed by atoms with Gasteiger partial charge in [0, 0.05) is 25.7 Å². The van der Waals surface area contributed by atoms with Crippen LogP contribution >= 0.6 is 45.2 Å². The highest BCUT2D eigenvalue weighted by molar-refractivity contribution is 14.1. The lowest BCUT2D eigenvalue weighted by Gasteiger charge is -2.34. The number of halogens is 2. The highest BCUT2D eigenvalue weighted by Gasteiger charge is 2.27. The molecule has 0 heterocycles. The molecule has 0 amide bonds. The zero-order valence-corrected chi connectivity index (χ0v) is 23.7. The molecule has 1 rings (SSSR count). The van der Waals surface area contributed by atoms with E-state index in [1.54, 1.807) is 12.1 Å². The fourth-order valence-corrected chi connectivity index (χ4v) is 5.48. The summed E-state index contributed by atoms with van der Waals surface area (Å²) in [6, 6.07) is 2.48. The van der Waals surface area contributed by atoms with Crippen LogP contribution in [0.4, 0.5) is 0 Å². The first-order valence-electron chi connectivity index (χ1n) is 10.6. The molecular formula is C21H27I2N3O11. The summed E-state index contributed by atoms with van der Waals surface area (Å²) in [5, 5.41) is 56.3. The van der Waals surface area contributed by atoms with E-state index in [4.69, 9.17) is 10.2 Å². The number of rotatable bonds is 18. The normalized spacial score (nSPS) is 12.1. The van der Waals surface area contributed by atoms with Crippen molar-refractivity contribution in [2.75, 3.05) is 52.4 Å². The first kappa shape index (κ1) is 32.7. The number of benzene rings is 1. The van der Waals surface area contributed by atoms with Crippen molar-refractivity contribution in [2.45, 2.75) is 12.5 Å². The monoisotopic (exact) mass is 751 g/mol. The number of carboxylic acids is 5. The number of carboxylic acid groups (broad SMARTS) is 5. The number of phenolic OH excluding ortho intramolecular Hbond substituents is 1. The van der Waals surface area contributed by atoms with Crippen molar-refractivity contribution in [3.05, 3.63) is 24.8 Å². The molecule has 6 N–H and O–H groups in total. The number of phenols is 1. The Morgan fingerprint density at radius 2 is 1.05 bits per heavy atom. The minimum atomic E-state index is -1.29. The molecule has 0 bridgehead atoms. The van der Waals surface area contributed by atoms with Crippen LogP contribution in [0.15, 0.2) is 12.1 Å². The molecule has 0 saturated carbocycles. The number of carbonyl (C=O) groups is 5. The molecule has 1 unspecified atom stereocenters. The van der Waals surface area contributed by atoms with Crippen molar-refractivity contribution in [3.8, 4) is 5.75 Å². The van der Waals surface area contributed by atoms with Gasteiger partial charge >= 0.3 is 29.8 Å². The van der Waals surface area contributed by atoms with Crippen LogP contribution in [-0.2, 0) is 30.4 Å². The molecule has 0 aliphatic carbocycles. The Balaban J connectivity index is 3.30. The van der Waals surface area contributed by atoms with Crippen LogP contribution < -0.4 is 0 Å². The first-order chi connectivity index (χ1) is 17.2. The van der Waals surface area contributed by atoms with Crippen LogP contribution in [0.2, 0.25) is 0 Å². The van der Waals surface area contributed by atoms with Gasteiger partial charge in [-0.05, 0) is 69.3 Å². The van der Waals surface area contributed by atoms with Gasteiger partial charge in [-0.2, -0.15) is 0 Å². The van der Waals surface area contributed by atoms with Gasteiger partial charge in [0.05, 0.1) is 39.9 Å². The van der Waals surface area contributed by atoms with Gasteiger partial charge in [0.1, 0.15) is 5.75 Å². The van der Waals surface area contributed by atoms with Gasteiger partial charge in [0.25, 0.3) is 0 Å². The van der Waals surface area contributed by atoms with E-state index in [1.165, 1.54) is 9.80 Å². The zero-order chi connectivity index (χ0) is 28.3. The number of hydrogen-bond acceptors (Lipinski definition) is 9. The van der Waals surface area contributed by atoms with E-state index in [-0.39, 0.29) is 31.8 Å². The van der Waals surface area contributed by atoms with Crippen molar-refractivity contribution in [1.82, 2.24) is 14.7 Å². The van der Waals surface area contributed by atoms with Crippen LogP contribution in [0.1, 0.15) is 5.56 Å². The van der Waals surface area contributed by atoms with Gasteiger partial charge in [-0.1, -0.05) is 0 Å². The predicted octanol–water partition coefficient (Wildman–Crippen LogP) is -0.158. The maximum absolute atomic E-state index is 11.5. The number of aliphatic carboxylic acids is 5. The second kappa shape index (κ2) is 15.8. The Bertz CT molecular complexity index is 953. The molecule has 0 saturated heterocycles. The lowest BCUT2D eigenvalue weighted by molar-refractivity contribution is -0.144. The molecule has 37 heavy (non-hydrogen) atoms. The van der Waals surface area contributed by atoms with Crippen molar-refractivity contribution in [3.63, 3.8) is 0 Å². The van der Waals surface area contributed by atoms with Gasteiger partial charge in [0.2, 0.25) is 0 Å². The van der Waals surface area contributed by atoms with E-state index < -0.39 is 68.6 Å². The predicted molar refractivity (Wildman–Crippen MR) is 144 cm³/mol. The molecule has 0 aliphatic rings. The van der Waals surface area contributed by atoms with Crippen LogP contribution in [0.5, 0.6) is 5.75 Å². The van der Waals surface area contributed by atoms with E-state index >= 15 is 0 Å². The smallest absolute Gasteiger partial charge is 0.317 e. The van der Waals surface area contributed by atoms with Gasteiger partial charge in [-0.25, -0.2) is 0 Å². The Labute approximate surface area is 238 Å². The average molecular weight is 751 g/mol. The lowest BCUT2D eigenvalue weighted by atomic mass is 10.0. The van der Waals surface area contributed by atoms with Crippen LogP contribution in [0.3, 0.4) is 0 Å². The third kappa shape index (κ3) is 13.2. The number of aromatic hydroxyl groups is 1. The Kier molecular flexibility index (Phi) is 14.0. The fraction of sp³-hybridized carbons (Fsp3) is 0.476. The van der Waals surface area contributed by atoms with E-state index in [0.717, 1.165) is 4.90 Å². The highest BCUT2D eigenvalue weighted by Crippen LogP contribution is 2.28. The Hall–Kier alpha value is -2.29. The van der Waals surface area contributed by atoms with Crippen LogP contribution in [0, 0.1) is 7.14 Å². The largest absolute Gasteiger partial charge is 0.506 e. The summed E-state index contributed by atoms with van der Waals surface area (Å²) in [6.45, 7) is -3.33. The lowest BCUT2D eigenvalue weighted by Crippen LogP contribution is -2.51. The summed E-state index contributed by atoms with van der Waals surface area (Å²) >= 11 is 3.83. The average Bonchev–Trinajstić information content (AvgIpc) is 2.72. The van der Waals surface area contributed by atoms with E-state index in [2.05, 4.69) is 0 Å². The fourth-order valence-electron chi connectivity index (χ4n) is 3.58. The Morgan fingerprint density at radius 1 is 0.676 bits per heavy atom. The van der Waals surface area contributed by atoms with Gasteiger partial charge in [0.15, 0.2) is 0 Å². The third-order valence-corrected chi connectivity index (χ3v) is 6.66. The second-order valence-electron chi connectivity index (χ2n) is 8.09. The Morgan fingerprint density at radius 3 is 1.46 bits per heavy atom. The molecule has 0 radical (unpaired) electrons. The molecule has 0 aromatic heterocycles. The number of nitrogens with zero attached hydrogens (tertiary/aromatic N) is 3. The van der Waals surface area contributed by atoms with Crippen molar-refractivity contribution < 1.29 is 54.6 Å². The molecule has 1 aromatic carbocycles. The minimum Gasteiger partial charge on any atom is -0.506 e. The quantitative estimate of drug-likeness (QED) is 0.108. The summed E-state index contributed by atoms with van der Waals surface area (Å²) in [6.07, 6.45) is 0.108. The molecule has 0 aliphatic heterocycles. The molecule has 0 fully saturated rings. The molecule has 1 atom stereocenters. The van der Waals surface area contributed by atoms with Crippen molar-refractivity contribution >= 4 is 75.0 Å². The highest BCUT2D eigenvalue weighted by atomic mass is 127. The molecule has 0 spiro atoms. The summed E-state index contributed by atoms with van der Waals surface area (Å²) in [4.78, 5) is 60.3. The zero-order valence-electron chi connectivity index (χ0n) is 19.4. The first-order valence-corrected chi connectivity index (χ1v) is 12.8. The van der Waals surface area contributed by atoms with E-state index in [9.17, 15) is 44.4 Å². The second-order valence-corrected chi connectivity index (χ2v) is 10.4. The summed E-state index contributed by atoms with van der Waals surface area (Å²) in [7, 11) is 0. The van der Waals surface area contributed by atoms with E-state index in [1.807, 2.05) is 45.2 Å². The van der Waals surface area contributed by atoms with Crippen LogP contribution in [-0.4, -0.2) is 134 Å². The maximum atomic E-state index is 11.5. The van der Waals surface area contributed by atoms with Crippen LogP contribution in [0.25, 0.3) is 0 Å². The standard InChI is InChI=1S/C21H27I2N3O11/c22-14-4-12(5-15(23)21(14)37)3-13(26(10-19(33)34)11-20(35)36)6-24(7-16(27)28)1-2-25(8-17(29)30)9-18(31)32/h4-5,13,37H,1-3,6-11H2,(H,27,28)(H,29,30)(H,31,32)(H,33,34)(H,35,36). The summed E-state index contributed by atoms with van der Waals surface area (Å²) in [5.41, 5.74) is 0.644. The van der Waals surface area contributed by atoms with Crippen molar-refractivity contribution in [2.24, 2.45) is 0 Å². The third-order valence-electron chi connectivity index (χ3n) is 5.02. The van der Waals surface area contributed by atoms with Crippen molar-refractivity contribution in [1.29, 1.82) is 0 Å². The minimum absolute atomic E-state index is 0.0545. The SMILES string of the molecule is O=C(O)CN(CCN(CC(=O)O)CC(Cc1cc(I)c(O)c(I)c1)N(CC(=O)O)CC(=O)O)CC(=O)O. The molecule has 206 valence electrons. The molecule has 14 nitrogen and oxygen atoms in total. The van der Waals surface area contributed by atoms with E-state index in [0.29, 0.717) is 12.7 Å². The molecule has 16 heteroatoms. The maximum Gasteiger partial charge on any atom is 0.317 e. The summed E-state index contributed by atoms with van der Waals surface area (Å²) < 4.78 is 1.03.